The summed E-state index contributed by atoms with van der Waals surface area (Å²) in [5, 5.41) is 0. The van der Waals surface area contributed by atoms with Crippen LogP contribution >= 0.6 is 0 Å². The standard InChI is InChI=1S/C36H38O7/c1-25-33(40-22-26-14-8-5-9-15-26)35(41-23-27-16-10-6-11-17-27)36(42-24-28-18-12-7-13-19-28)34(43-25)32-30(38-3)20-29(37-2)21-31(32)39-4/h5-21,33-36H,1,22-24H2,2-4H3/t33-,34+,35+,36+/m1/s1. The predicted molar refractivity (Wildman–Crippen MR) is 164 cm³/mol. The average Bonchev–Trinajstić information content (AvgIpc) is 3.06. The molecule has 224 valence electrons. The number of benzene rings is 4. The topological polar surface area (TPSA) is 64.6 Å². The van der Waals surface area contributed by atoms with Gasteiger partial charge in [-0.2, -0.15) is 0 Å². The molecule has 1 aliphatic rings. The third kappa shape index (κ3) is 7.38. The van der Waals surface area contributed by atoms with Gasteiger partial charge in [0.05, 0.1) is 46.7 Å². The SMILES string of the molecule is C=C1O[C@@H](c2c(OC)cc(OC)cc2OC)[C@H](OCc2ccccc2)[C@@H](OCc2ccccc2)[C@@H]1OCc1ccccc1. The fraction of sp³-hybridized carbons (Fsp3) is 0.278. The van der Waals surface area contributed by atoms with Crippen LogP contribution < -0.4 is 14.2 Å². The fourth-order valence-corrected chi connectivity index (χ4v) is 5.21. The van der Waals surface area contributed by atoms with Crippen LogP contribution in [0.15, 0.2) is 115 Å². The van der Waals surface area contributed by atoms with Crippen LogP contribution in [0.1, 0.15) is 28.4 Å². The first kappa shape index (κ1) is 30.2. The number of hydrogen-bond acceptors (Lipinski definition) is 7. The number of rotatable bonds is 13. The van der Waals surface area contributed by atoms with Crippen molar-refractivity contribution in [3.05, 3.63) is 138 Å². The molecule has 0 unspecified atom stereocenters. The third-order valence-corrected chi connectivity index (χ3v) is 7.40. The Kier molecular flexibility index (Phi) is 10.3. The van der Waals surface area contributed by atoms with Gasteiger partial charge in [-0.25, -0.2) is 0 Å². The van der Waals surface area contributed by atoms with Crippen molar-refractivity contribution in [2.75, 3.05) is 21.3 Å². The minimum absolute atomic E-state index is 0.329. The lowest BCUT2D eigenvalue weighted by molar-refractivity contribution is -0.216. The zero-order valence-corrected chi connectivity index (χ0v) is 24.8. The molecule has 0 saturated carbocycles. The van der Waals surface area contributed by atoms with Crippen LogP contribution in [0.5, 0.6) is 17.2 Å². The highest BCUT2D eigenvalue weighted by molar-refractivity contribution is 5.53. The molecule has 4 atom stereocenters. The zero-order valence-electron chi connectivity index (χ0n) is 24.8. The van der Waals surface area contributed by atoms with Gasteiger partial charge in [-0.15, -0.1) is 0 Å². The maximum absolute atomic E-state index is 6.71. The summed E-state index contributed by atoms with van der Waals surface area (Å²) in [7, 11) is 4.80. The summed E-state index contributed by atoms with van der Waals surface area (Å²) >= 11 is 0. The van der Waals surface area contributed by atoms with Gasteiger partial charge in [0.15, 0.2) is 6.10 Å². The summed E-state index contributed by atoms with van der Waals surface area (Å²) in [6, 6.07) is 33.6. The van der Waals surface area contributed by atoms with Gasteiger partial charge < -0.3 is 33.2 Å². The van der Waals surface area contributed by atoms with Crippen molar-refractivity contribution in [1.29, 1.82) is 0 Å². The molecule has 1 heterocycles. The van der Waals surface area contributed by atoms with Crippen LogP contribution in [0.4, 0.5) is 0 Å². The molecule has 0 aliphatic carbocycles. The predicted octanol–water partition coefficient (Wildman–Crippen LogP) is 7.05. The Hall–Kier alpha value is -4.30. The van der Waals surface area contributed by atoms with Crippen molar-refractivity contribution < 1.29 is 33.2 Å². The lowest BCUT2D eigenvalue weighted by atomic mass is 9.91. The van der Waals surface area contributed by atoms with E-state index in [4.69, 9.17) is 33.2 Å². The molecule has 0 spiro atoms. The van der Waals surface area contributed by atoms with Gasteiger partial charge in [0, 0.05) is 12.1 Å². The van der Waals surface area contributed by atoms with E-state index >= 15 is 0 Å². The monoisotopic (exact) mass is 582 g/mol. The van der Waals surface area contributed by atoms with Crippen LogP contribution in [-0.2, 0) is 38.8 Å². The van der Waals surface area contributed by atoms with Gasteiger partial charge in [-0.1, -0.05) is 97.6 Å². The van der Waals surface area contributed by atoms with Crippen LogP contribution in [-0.4, -0.2) is 39.6 Å². The number of hydrogen-bond donors (Lipinski definition) is 0. The molecule has 4 aromatic rings. The summed E-state index contributed by atoms with van der Waals surface area (Å²) in [6.07, 6.45) is -2.53. The summed E-state index contributed by atoms with van der Waals surface area (Å²) < 4.78 is 43.6. The maximum atomic E-state index is 6.71. The van der Waals surface area contributed by atoms with E-state index in [0.29, 0.717) is 48.4 Å². The average molecular weight is 583 g/mol. The largest absolute Gasteiger partial charge is 0.496 e. The Morgan fingerprint density at radius 2 is 1.02 bits per heavy atom. The second-order valence-electron chi connectivity index (χ2n) is 10.2. The van der Waals surface area contributed by atoms with Gasteiger partial charge in [-0.3, -0.25) is 0 Å². The number of ether oxygens (including phenoxy) is 7. The van der Waals surface area contributed by atoms with Crippen LogP contribution in [0.25, 0.3) is 0 Å². The molecular weight excluding hydrogens is 544 g/mol. The highest BCUT2D eigenvalue weighted by Crippen LogP contribution is 2.47. The molecule has 1 saturated heterocycles. The van der Waals surface area contributed by atoms with Crippen LogP contribution in [0.2, 0.25) is 0 Å². The van der Waals surface area contributed by atoms with Gasteiger partial charge in [0.1, 0.15) is 41.3 Å². The summed E-state index contributed by atoms with van der Waals surface area (Å²) in [6.45, 7) is 5.32. The molecule has 43 heavy (non-hydrogen) atoms. The molecule has 0 radical (unpaired) electrons. The minimum atomic E-state index is -0.690. The first-order chi connectivity index (χ1) is 21.1. The molecule has 1 aliphatic heterocycles. The van der Waals surface area contributed by atoms with E-state index < -0.39 is 24.4 Å². The van der Waals surface area contributed by atoms with Crippen molar-refractivity contribution in [1.82, 2.24) is 0 Å². The normalized spacial score (nSPS) is 19.8. The van der Waals surface area contributed by atoms with E-state index in [1.54, 1.807) is 33.5 Å². The molecule has 0 amide bonds. The Bertz CT molecular complexity index is 1420. The van der Waals surface area contributed by atoms with Crippen molar-refractivity contribution in [3.8, 4) is 17.2 Å². The molecule has 1 fully saturated rings. The Morgan fingerprint density at radius 1 is 0.581 bits per heavy atom. The van der Waals surface area contributed by atoms with Gasteiger partial charge >= 0.3 is 0 Å². The van der Waals surface area contributed by atoms with E-state index in [9.17, 15) is 0 Å². The van der Waals surface area contributed by atoms with Gasteiger partial charge in [0.25, 0.3) is 0 Å². The van der Waals surface area contributed by atoms with E-state index in [-0.39, 0.29) is 0 Å². The molecule has 0 aromatic heterocycles. The lowest BCUT2D eigenvalue weighted by Crippen LogP contribution is -2.51. The molecule has 0 bridgehead atoms. The molecule has 5 rings (SSSR count). The number of methoxy groups -OCH3 is 3. The molecule has 4 aromatic carbocycles. The van der Waals surface area contributed by atoms with Crippen molar-refractivity contribution in [2.45, 2.75) is 44.2 Å². The van der Waals surface area contributed by atoms with Crippen molar-refractivity contribution in [2.24, 2.45) is 0 Å². The van der Waals surface area contributed by atoms with Gasteiger partial charge in [0.2, 0.25) is 0 Å². The molecular formula is C36H38O7. The Labute approximate surface area is 253 Å². The first-order valence-corrected chi connectivity index (χ1v) is 14.2. The van der Waals surface area contributed by atoms with E-state index in [1.807, 2.05) is 91.0 Å². The first-order valence-electron chi connectivity index (χ1n) is 14.2. The second kappa shape index (κ2) is 14.7. The van der Waals surface area contributed by atoms with Crippen LogP contribution in [0, 0.1) is 0 Å². The smallest absolute Gasteiger partial charge is 0.159 e. The van der Waals surface area contributed by atoms with Crippen molar-refractivity contribution >= 4 is 0 Å². The molecule has 7 heteroatoms. The van der Waals surface area contributed by atoms with E-state index in [0.717, 1.165) is 16.7 Å². The minimum Gasteiger partial charge on any atom is -0.496 e. The highest BCUT2D eigenvalue weighted by Gasteiger charge is 2.48. The van der Waals surface area contributed by atoms with Gasteiger partial charge in [-0.05, 0) is 16.7 Å². The van der Waals surface area contributed by atoms with Crippen LogP contribution in [0.3, 0.4) is 0 Å². The van der Waals surface area contributed by atoms with E-state index in [1.165, 1.54) is 0 Å². The highest BCUT2D eigenvalue weighted by atomic mass is 16.6. The Balaban J connectivity index is 1.55. The zero-order chi connectivity index (χ0) is 30.0. The van der Waals surface area contributed by atoms with Crippen molar-refractivity contribution in [3.63, 3.8) is 0 Å². The second-order valence-corrected chi connectivity index (χ2v) is 10.2. The summed E-state index contributed by atoms with van der Waals surface area (Å²) in [5.41, 5.74) is 3.74. The summed E-state index contributed by atoms with van der Waals surface area (Å²) in [4.78, 5) is 0. The maximum Gasteiger partial charge on any atom is 0.159 e. The molecule has 7 nitrogen and oxygen atoms in total. The van der Waals surface area contributed by atoms with E-state index in [2.05, 4.69) is 6.58 Å². The third-order valence-electron chi connectivity index (χ3n) is 7.40. The lowest BCUT2D eigenvalue weighted by Gasteiger charge is -2.44. The fourth-order valence-electron chi connectivity index (χ4n) is 5.21. The molecule has 0 N–H and O–H groups in total. The quantitative estimate of drug-likeness (QED) is 0.167. The summed E-state index contributed by atoms with van der Waals surface area (Å²) in [5.74, 6) is 2.09. The Morgan fingerprint density at radius 3 is 1.47 bits per heavy atom.